The zero-order valence-corrected chi connectivity index (χ0v) is 21.5. The number of anilines is 1. The summed E-state index contributed by atoms with van der Waals surface area (Å²) in [6.07, 6.45) is 4.78. The summed E-state index contributed by atoms with van der Waals surface area (Å²) in [7, 11) is 1.61. The fourth-order valence-corrected chi connectivity index (χ4v) is 5.36. The maximum Gasteiger partial charge on any atom is 0.249 e. The number of piperidine rings is 1. The minimum atomic E-state index is -0.683. The maximum absolute atomic E-state index is 13.4. The molecule has 7 nitrogen and oxygen atoms in total. The van der Waals surface area contributed by atoms with E-state index >= 15 is 0 Å². The largest absolute Gasteiger partial charge is 0.497 e. The third-order valence-electron chi connectivity index (χ3n) is 7.23. The zero-order valence-electron chi connectivity index (χ0n) is 20.7. The lowest BCUT2D eigenvalue weighted by Crippen LogP contribution is -2.49. The van der Waals surface area contributed by atoms with Crippen molar-refractivity contribution >= 4 is 34.1 Å². The molecule has 1 saturated heterocycles. The van der Waals surface area contributed by atoms with Crippen LogP contribution in [0.4, 0.5) is 14.5 Å². The Morgan fingerprint density at radius 1 is 1.19 bits per heavy atom. The molecule has 1 aromatic heterocycles. The minimum absolute atomic E-state index is 0.368. The summed E-state index contributed by atoms with van der Waals surface area (Å²) in [5.41, 5.74) is 3.37. The molecular weight excluding hydrogens is 502 g/mol. The Labute approximate surface area is 219 Å². The van der Waals surface area contributed by atoms with Gasteiger partial charge in [0.2, 0.25) is 5.91 Å². The minimum Gasteiger partial charge on any atom is -0.497 e. The number of likely N-dealkylation sites (tertiary alicyclic amines) is 1. The number of aryl methyl sites for hydroxylation is 1. The first-order chi connectivity index (χ1) is 17.8. The third kappa shape index (κ3) is 6.47. The maximum atomic E-state index is 13.4. The van der Waals surface area contributed by atoms with Crippen LogP contribution in [-0.2, 0) is 11.2 Å². The van der Waals surface area contributed by atoms with Crippen LogP contribution in [0.2, 0.25) is 5.02 Å². The van der Waals surface area contributed by atoms with E-state index < -0.39 is 17.0 Å². The summed E-state index contributed by atoms with van der Waals surface area (Å²) in [5, 5.41) is 14.0. The van der Waals surface area contributed by atoms with E-state index in [9.17, 15) is 18.8 Å². The van der Waals surface area contributed by atoms with Crippen molar-refractivity contribution in [2.24, 2.45) is 5.41 Å². The molecule has 198 valence electrons. The van der Waals surface area contributed by atoms with E-state index in [1.54, 1.807) is 13.3 Å². The van der Waals surface area contributed by atoms with Gasteiger partial charge in [-0.2, -0.15) is 0 Å². The van der Waals surface area contributed by atoms with E-state index in [-0.39, 0.29) is 5.91 Å². The first-order valence-corrected chi connectivity index (χ1v) is 12.7. The van der Waals surface area contributed by atoms with Gasteiger partial charge in [-0.3, -0.25) is 15.0 Å². The van der Waals surface area contributed by atoms with Crippen molar-refractivity contribution in [1.29, 1.82) is 0 Å². The number of carbonyl (C=O) groups excluding carboxylic acids is 1. The molecule has 1 aliphatic rings. The van der Waals surface area contributed by atoms with Crippen molar-refractivity contribution in [1.82, 2.24) is 15.4 Å². The second-order valence-electron chi connectivity index (χ2n) is 9.47. The highest BCUT2D eigenvalue weighted by atomic mass is 35.5. The fourth-order valence-electron chi connectivity index (χ4n) is 5.11. The molecule has 0 atom stereocenters. The average molecular weight is 533 g/mol. The van der Waals surface area contributed by atoms with Gasteiger partial charge in [0.1, 0.15) is 17.4 Å². The number of benzene rings is 2. The van der Waals surface area contributed by atoms with Gasteiger partial charge in [0.15, 0.2) is 0 Å². The highest BCUT2D eigenvalue weighted by Crippen LogP contribution is 2.38. The molecule has 0 unspecified atom stereocenters. The van der Waals surface area contributed by atoms with Gasteiger partial charge in [0.25, 0.3) is 0 Å². The molecule has 0 bridgehead atoms. The molecule has 3 N–H and O–H groups in total. The molecule has 1 fully saturated rings. The zero-order chi connectivity index (χ0) is 26.4. The van der Waals surface area contributed by atoms with E-state index in [1.807, 2.05) is 23.7 Å². The Balaban J connectivity index is 1.35. The van der Waals surface area contributed by atoms with Crippen molar-refractivity contribution in [3.63, 3.8) is 0 Å². The standard InChI is InChI=1S/C27H31ClF2N4O3/c1-37-21-4-5-25-23(16-21)22(24(28)17-32-25)3-2-6-27(26(35)33-36)7-10-34(11-8-27)12-9-31-20-14-18(29)13-19(30)15-20/h4-5,13-17,31,36H,2-3,6-12H2,1H3,(H,33,35). The van der Waals surface area contributed by atoms with E-state index in [2.05, 4.69) is 15.2 Å². The number of hydrogen-bond donors (Lipinski definition) is 3. The van der Waals surface area contributed by atoms with Crippen LogP contribution < -0.4 is 15.5 Å². The lowest BCUT2D eigenvalue weighted by Gasteiger charge is -2.40. The molecular formula is C27H31ClF2N4O3. The first kappa shape index (κ1) is 27.0. The van der Waals surface area contributed by atoms with Crippen LogP contribution in [0.5, 0.6) is 5.75 Å². The molecule has 1 aliphatic heterocycles. The van der Waals surface area contributed by atoms with Crippen molar-refractivity contribution < 1.29 is 23.5 Å². The second-order valence-corrected chi connectivity index (χ2v) is 9.88. The summed E-state index contributed by atoms with van der Waals surface area (Å²) in [5.74, 6) is -0.896. The normalized spacial score (nSPS) is 15.5. The van der Waals surface area contributed by atoms with Gasteiger partial charge < -0.3 is 15.0 Å². The van der Waals surface area contributed by atoms with E-state index in [4.69, 9.17) is 16.3 Å². The lowest BCUT2D eigenvalue weighted by atomic mass is 9.73. The van der Waals surface area contributed by atoms with E-state index in [0.29, 0.717) is 69.0 Å². The highest BCUT2D eigenvalue weighted by Gasteiger charge is 2.40. The number of carbonyl (C=O) groups is 1. The fraction of sp³-hybridized carbons (Fsp3) is 0.407. The lowest BCUT2D eigenvalue weighted by molar-refractivity contribution is -0.143. The quantitative estimate of drug-likeness (QED) is 0.246. The molecule has 3 aromatic rings. The van der Waals surface area contributed by atoms with Gasteiger partial charge in [-0.25, -0.2) is 14.3 Å². The van der Waals surface area contributed by atoms with Crippen LogP contribution in [0.25, 0.3) is 10.9 Å². The van der Waals surface area contributed by atoms with Gasteiger partial charge in [0, 0.05) is 36.4 Å². The van der Waals surface area contributed by atoms with Gasteiger partial charge in [-0.15, -0.1) is 0 Å². The summed E-state index contributed by atoms with van der Waals surface area (Å²) < 4.78 is 32.1. The Kier molecular flexibility index (Phi) is 8.79. The molecule has 0 spiro atoms. The number of nitrogens with one attached hydrogen (secondary N) is 2. The monoisotopic (exact) mass is 532 g/mol. The second kappa shape index (κ2) is 12.0. The highest BCUT2D eigenvalue weighted by molar-refractivity contribution is 6.32. The number of hydrogen-bond acceptors (Lipinski definition) is 6. The number of aromatic nitrogens is 1. The number of ether oxygens (including phenoxy) is 1. The van der Waals surface area contributed by atoms with Crippen LogP contribution in [0.3, 0.4) is 0 Å². The Hall–Kier alpha value is -3.01. The van der Waals surface area contributed by atoms with Gasteiger partial charge in [-0.1, -0.05) is 11.6 Å². The van der Waals surface area contributed by atoms with Crippen LogP contribution in [0.1, 0.15) is 31.2 Å². The number of pyridine rings is 1. The molecule has 0 aliphatic carbocycles. The molecule has 10 heteroatoms. The van der Waals surface area contributed by atoms with E-state index in [0.717, 1.165) is 28.3 Å². The Morgan fingerprint density at radius 2 is 1.92 bits per heavy atom. The SMILES string of the molecule is COc1ccc2ncc(Cl)c(CCCC3(C(=O)NO)CCN(CCNc4cc(F)cc(F)c4)CC3)c2c1. The average Bonchev–Trinajstić information content (AvgIpc) is 2.89. The number of halogens is 3. The predicted molar refractivity (Wildman–Crippen MR) is 139 cm³/mol. The first-order valence-electron chi connectivity index (χ1n) is 12.3. The third-order valence-corrected chi connectivity index (χ3v) is 7.56. The smallest absolute Gasteiger partial charge is 0.249 e. The number of methoxy groups -OCH3 is 1. The number of nitrogens with zero attached hydrogens (tertiary/aromatic N) is 2. The van der Waals surface area contributed by atoms with Gasteiger partial charge in [-0.05, 0) is 81.1 Å². The van der Waals surface area contributed by atoms with Crippen LogP contribution in [-0.4, -0.2) is 54.3 Å². The molecule has 1 amide bonds. The summed E-state index contributed by atoms with van der Waals surface area (Å²) >= 11 is 6.50. The number of amides is 1. The van der Waals surface area contributed by atoms with Gasteiger partial charge >= 0.3 is 0 Å². The Morgan fingerprint density at radius 3 is 2.59 bits per heavy atom. The van der Waals surface area contributed by atoms with Crippen molar-refractivity contribution in [2.75, 3.05) is 38.6 Å². The molecule has 0 radical (unpaired) electrons. The van der Waals surface area contributed by atoms with Crippen molar-refractivity contribution in [3.8, 4) is 5.75 Å². The molecule has 4 rings (SSSR count). The number of fused-ring (bicyclic) bond motifs is 1. The molecule has 37 heavy (non-hydrogen) atoms. The van der Waals surface area contributed by atoms with Gasteiger partial charge in [0.05, 0.1) is 23.1 Å². The summed E-state index contributed by atoms with van der Waals surface area (Å²) in [6, 6.07) is 9.01. The Bertz CT molecular complexity index is 1230. The van der Waals surface area contributed by atoms with Crippen molar-refractivity contribution in [3.05, 3.63) is 64.8 Å². The van der Waals surface area contributed by atoms with Crippen LogP contribution in [0.15, 0.2) is 42.6 Å². The topological polar surface area (TPSA) is 86.7 Å². The predicted octanol–water partition coefficient (Wildman–Crippen LogP) is 5.20. The summed E-state index contributed by atoms with van der Waals surface area (Å²) in [6.45, 7) is 2.51. The van der Waals surface area contributed by atoms with Crippen LogP contribution >= 0.6 is 11.6 Å². The summed E-state index contributed by atoms with van der Waals surface area (Å²) in [4.78, 5) is 19.3. The number of hydroxylamine groups is 1. The van der Waals surface area contributed by atoms with E-state index in [1.165, 1.54) is 12.1 Å². The molecule has 0 saturated carbocycles. The number of rotatable bonds is 10. The van der Waals surface area contributed by atoms with Crippen LogP contribution in [0, 0.1) is 17.0 Å². The van der Waals surface area contributed by atoms with Crippen molar-refractivity contribution in [2.45, 2.75) is 32.1 Å². The molecule has 2 aromatic carbocycles. The molecule has 2 heterocycles.